The zero-order chi connectivity index (χ0) is 20.6. The van der Waals surface area contributed by atoms with Gasteiger partial charge in [0.15, 0.2) is 0 Å². The molecule has 1 saturated carbocycles. The molecule has 1 aliphatic carbocycles. The van der Waals surface area contributed by atoms with E-state index < -0.39 is 10.1 Å². The van der Waals surface area contributed by atoms with Gasteiger partial charge in [-0.05, 0) is 62.8 Å². The summed E-state index contributed by atoms with van der Waals surface area (Å²) in [7, 11) is -3.79. The van der Waals surface area contributed by atoms with Crippen LogP contribution >= 0.6 is 0 Å². The zero-order valence-corrected chi connectivity index (χ0v) is 17.0. The Balaban J connectivity index is 1.34. The second kappa shape index (κ2) is 7.72. The lowest BCUT2D eigenvalue weighted by molar-refractivity contribution is 0.0593. The van der Waals surface area contributed by atoms with E-state index >= 15 is 0 Å². The highest BCUT2D eigenvalue weighted by atomic mass is 32.2. The van der Waals surface area contributed by atoms with Crippen molar-refractivity contribution in [1.82, 2.24) is 4.90 Å². The molecule has 152 valence electrons. The number of imide groups is 1. The van der Waals surface area contributed by atoms with Crippen molar-refractivity contribution in [3.8, 4) is 0 Å². The number of carbonyl (C=O) groups is 2. The Morgan fingerprint density at radius 1 is 0.897 bits per heavy atom. The summed E-state index contributed by atoms with van der Waals surface area (Å²) in [5.41, 5.74) is 1.90. The van der Waals surface area contributed by atoms with E-state index in [1.807, 2.05) is 6.92 Å². The van der Waals surface area contributed by atoms with Crippen molar-refractivity contribution in [1.29, 1.82) is 0 Å². The van der Waals surface area contributed by atoms with Crippen LogP contribution in [0.25, 0.3) is 0 Å². The predicted molar refractivity (Wildman–Crippen MR) is 107 cm³/mol. The number of hydrogen-bond donors (Lipinski definition) is 0. The van der Waals surface area contributed by atoms with Gasteiger partial charge in [0.2, 0.25) is 0 Å². The number of aryl methyl sites for hydroxylation is 1. The van der Waals surface area contributed by atoms with E-state index in [0.717, 1.165) is 5.56 Å². The molecular weight excluding hydrogens is 390 g/mol. The molecule has 0 radical (unpaired) electrons. The average molecular weight is 413 g/mol. The van der Waals surface area contributed by atoms with E-state index in [1.54, 1.807) is 48.5 Å². The topological polar surface area (TPSA) is 80.8 Å². The third-order valence-corrected chi connectivity index (χ3v) is 7.06. The molecule has 2 aliphatic rings. The minimum Gasteiger partial charge on any atom is -0.274 e. The van der Waals surface area contributed by atoms with Crippen LogP contribution in [-0.4, -0.2) is 37.8 Å². The maximum Gasteiger partial charge on any atom is 0.297 e. The van der Waals surface area contributed by atoms with E-state index in [9.17, 15) is 18.0 Å². The first-order valence-corrected chi connectivity index (χ1v) is 11.2. The van der Waals surface area contributed by atoms with Gasteiger partial charge >= 0.3 is 0 Å². The number of carbonyl (C=O) groups excluding carboxylic acids is 2. The second-order valence-electron chi connectivity index (χ2n) is 7.77. The standard InChI is InChI=1S/C22H23NO5S/c1-15-6-12-18(13-7-15)29(26,27)28-17-10-8-16(9-11-17)14-23-21(24)19-4-2-3-5-20(19)22(23)25/h2-7,12-13,16-17H,8-11,14H2,1H3. The van der Waals surface area contributed by atoms with Crippen molar-refractivity contribution in [2.75, 3.05) is 6.54 Å². The van der Waals surface area contributed by atoms with Crippen molar-refractivity contribution in [2.45, 2.75) is 43.6 Å². The summed E-state index contributed by atoms with van der Waals surface area (Å²) in [6, 6.07) is 13.5. The van der Waals surface area contributed by atoms with Crippen LogP contribution < -0.4 is 0 Å². The molecule has 0 atom stereocenters. The van der Waals surface area contributed by atoms with Crippen molar-refractivity contribution in [3.63, 3.8) is 0 Å². The number of amides is 2. The lowest BCUT2D eigenvalue weighted by atomic mass is 9.87. The molecule has 4 rings (SSSR count). The Hall–Kier alpha value is -2.51. The van der Waals surface area contributed by atoms with Crippen LogP contribution in [0, 0.1) is 12.8 Å². The fourth-order valence-corrected chi connectivity index (χ4v) is 5.14. The molecule has 0 saturated heterocycles. The highest BCUT2D eigenvalue weighted by Crippen LogP contribution is 2.31. The molecular formula is C22H23NO5S. The molecule has 2 aromatic rings. The molecule has 2 amide bonds. The minimum atomic E-state index is -3.79. The summed E-state index contributed by atoms with van der Waals surface area (Å²) in [5, 5.41) is 0. The van der Waals surface area contributed by atoms with Crippen molar-refractivity contribution in [3.05, 3.63) is 65.2 Å². The van der Waals surface area contributed by atoms with Crippen LogP contribution in [0.3, 0.4) is 0 Å². The van der Waals surface area contributed by atoms with Gasteiger partial charge in [0.25, 0.3) is 21.9 Å². The first-order valence-electron chi connectivity index (χ1n) is 9.80. The lowest BCUT2D eigenvalue weighted by Gasteiger charge is -2.30. The van der Waals surface area contributed by atoms with E-state index in [0.29, 0.717) is 43.4 Å². The van der Waals surface area contributed by atoms with Gasteiger partial charge in [0.05, 0.1) is 22.1 Å². The SMILES string of the molecule is Cc1ccc(S(=O)(=O)OC2CCC(CN3C(=O)c4ccccc4C3=O)CC2)cc1. The molecule has 0 aromatic heterocycles. The van der Waals surface area contributed by atoms with Gasteiger partial charge in [0.1, 0.15) is 0 Å². The monoisotopic (exact) mass is 413 g/mol. The summed E-state index contributed by atoms with van der Waals surface area (Å²) in [6.07, 6.45) is 2.21. The fraction of sp³-hybridized carbons (Fsp3) is 0.364. The van der Waals surface area contributed by atoms with Gasteiger partial charge < -0.3 is 0 Å². The van der Waals surface area contributed by atoms with Gasteiger partial charge in [-0.2, -0.15) is 8.42 Å². The Bertz CT molecular complexity index is 1000. The smallest absolute Gasteiger partial charge is 0.274 e. The molecule has 1 fully saturated rings. The summed E-state index contributed by atoms with van der Waals surface area (Å²) >= 11 is 0. The lowest BCUT2D eigenvalue weighted by Crippen LogP contribution is -2.37. The van der Waals surface area contributed by atoms with Crippen LogP contribution in [0.4, 0.5) is 0 Å². The Labute approximate surface area is 170 Å². The van der Waals surface area contributed by atoms with Crippen LogP contribution in [0.1, 0.15) is 52.0 Å². The second-order valence-corrected chi connectivity index (χ2v) is 9.34. The third kappa shape index (κ3) is 3.97. The van der Waals surface area contributed by atoms with E-state index in [4.69, 9.17) is 4.18 Å². The average Bonchev–Trinajstić information content (AvgIpc) is 2.95. The summed E-state index contributed by atoms with van der Waals surface area (Å²) in [6.45, 7) is 2.26. The number of benzene rings is 2. The fourth-order valence-electron chi connectivity index (χ4n) is 4.01. The Kier molecular flexibility index (Phi) is 5.27. The maximum absolute atomic E-state index is 12.5. The van der Waals surface area contributed by atoms with Gasteiger partial charge in [-0.15, -0.1) is 0 Å². The highest BCUT2D eigenvalue weighted by molar-refractivity contribution is 7.86. The number of fused-ring (bicyclic) bond motifs is 1. The van der Waals surface area contributed by atoms with E-state index in [-0.39, 0.29) is 28.7 Å². The first kappa shape index (κ1) is 19.8. The molecule has 6 nitrogen and oxygen atoms in total. The Morgan fingerprint density at radius 3 is 2.00 bits per heavy atom. The van der Waals surface area contributed by atoms with Crippen LogP contribution in [0.5, 0.6) is 0 Å². The van der Waals surface area contributed by atoms with Crippen LogP contribution in [0.15, 0.2) is 53.4 Å². The van der Waals surface area contributed by atoms with Gasteiger partial charge in [0, 0.05) is 6.54 Å². The third-order valence-electron chi connectivity index (χ3n) is 5.69. The molecule has 1 aliphatic heterocycles. The van der Waals surface area contributed by atoms with Gasteiger partial charge in [-0.1, -0.05) is 29.8 Å². The zero-order valence-electron chi connectivity index (χ0n) is 16.2. The molecule has 0 spiro atoms. The highest BCUT2D eigenvalue weighted by Gasteiger charge is 2.37. The molecule has 7 heteroatoms. The van der Waals surface area contributed by atoms with Crippen LogP contribution in [0.2, 0.25) is 0 Å². The predicted octanol–water partition coefficient (Wildman–Crippen LogP) is 3.56. The molecule has 2 aromatic carbocycles. The van der Waals surface area contributed by atoms with Gasteiger partial charge in [-0.25, -0.2) is 0 Å². The van der Waals surface area contributed by atoms with Gasteiger partial charge in [-0.3, -0.25) is 18.7 Å². The molecule has 1 heterocycles. The molecule has 0 N–H and O–H groups in total. The normalized spacial score (nSPS) is 22.0. The number of nitrogens with zero attached hydrogens (tertiary/aromatic N) is 1. The quantitative estimate of drug-likeness (QED) is 0.553. The number of rotatable bonds is 5. The molecule has 0 unspecified atom stereocenters. The van der Waals surface area contributed by atoms with E-state index in [1.165, 1.54) is 4.90 Å². The van der Waals surface area contributed by atoms with Crippen molar-refractivity contribution >= 4 is 21.9 Å². The van der Waals surface area contributed by atoms with Crippen LogP contribution in [-0.2, 0) is 14.3 Å². The minimum absolute atomic E-state index is 0.152. The van der Waals surface area contributed by atoms with Crippen molar-refractivity contribution < 1.29 is 22.2 Å². The molecule has 29 heavy (non-hydrogen) atoms. The summed E-state index contributed by atoms with van der Waals surface area (Å²) in [4.78, 5) is 26.5. The summed E-state index contributed by atoms with van der Waals surface area (Å²) < 4.78 is 30.4. The summed E-state index contributed by atoms with van der Waals surface area (Å²) in [5.74, 6) is -0.337. The van der Waals surface area contributed by atoms with E-state index in [2.05, 4.69) is 0 Å². The molecule has 0 bridgehead atoms. The largest absolute Gasteiger partial charge is 0.297 e. The Morgan fingerprint density at radius 2 is 1.45 bits per heavy atom. The van der Waals surface area contributed by atoms with Crippen molar-refractivity contribution in [2.24, 2.45) is 5.92 Å². The number of hydrogen-bond acceptors (Lipinski definition) is 5. The maximum atomic E-state index is 12.5. The first-order chi connectivity index (χ1) is 13.8.